The Bertz CT molecular complexity index is 900. The van der Waals surface area contributed by atoms with Gasteiger partial charge >= 0.3 is 5.97 Å². The number of fused-ring (bicyclic) bond motifs is 1. The van der Waals surface area contributed by atoms with E-state index < -0.39 is 33.3 Å². The van der Waals surface area contributed by atoms with Crippen LogP contribution in [-0.2, 0) is 14.8 Å². The van der Waals surface area contributed by atoms with E-state index >= 15 is 0 Å². The molecule has 1 saturated carbocycles. The summed E-state index contributed by atoms with van der Waals surface area (Å²) in [4.78, 5) is 36.5. The van der Waals surface area contributed by atoms with Crippen LogP contribution in [0.3, 0.4) is 0 Å². The first-order valence-electron chi connectivity index (χ1n) is 9.00. The highest BCUT2D eigenvalue weighted by molar-refractivity contribution is 7.90. The first-order valence-corrected chi connectivity index (χ1v) is 10.4. The van der Waals surface area contributed by atoms with Gasteiger partial charge in [-0.15, -0.1) is 0 Å². The van der Waals surface area contributed by atoms with Crippen LogP contribution in [0.1, 0.15) is 66.2 Å². The summed E-state index contributed by atoms with van der Waals surface area (Å²) in [5, 5.41) is 12.3. The average molecular weight is 394 g/mol. The zero-order valence-corrected chi connectivity index (χ0v) is 15.8. The quantitative estimate of drug-likeness (QED) is 0.751. The smallest absolute Gasteiger partial charge is 0.329 e. The molecule has 27 heavy (non-hydrogen) atoms. The van der Waals surface area contributed by atoms with Crippen molar-refractivity contribution in [3.63, 3.8) is 0 Å². The third kappa shape index (κ3) is 3.20. The average Bonchev–Trinajstić information content (AvgIpc) is 2.79. The number of sulfonamides is 1. The number of aliphatic carboxylic acids is 1. The summed E-state index contributed by atoms with van der Waals surface area (Å²) in [5.41, 5.74) is -1.31. The number of rotatable bonds is 4. The summed E-state index contributed by atoms with van der Waals surface area (Å²) in [7, 11) is -3.98. The second-order valence-electron chi connectivity index (χ2n) is 6.94. The molecule has 0 unspecified atom stereocenters. The number of carboxylic acid groups (broad SMARTS) is 1. The molecular formula is C18H22N2O6S. The molecule has 2 amide bonds. The fourth-order valence-electron chi connectivity index (χ4n) is 3.74. The fraction of sp³-hybridized carbons (Fsp3) is 0.500. The van der Waals surface area contributed by atoms with Crippen molar-refractivity contribution >= 4 is 27.8 Å². The van der Waals surface area contributed by atoms with E-state index in [1.165, 1.54) is 12.1 Å². The van der Waals surface area contributed by atoms with E-state index in [-0.39, 0.29) is 22.6 Å². The highest BCUT2D eigenvalue weighted by Crippen LogP contribution is 2.32. The van der Waals surface area contributed by atoms with Crippen LogP contribution in [-0.4, -0.2) is 47.7 Å². The van der Waals surface area contributed by atoms with Crippen molar-refractivity contribution in [1.29, 1.82) is 0 Å². The number of benzene rings is 1. The van der Waals surface area contributed by atoms with Crippen molar-refractivity contribution in [2.45, 2.75) is 55.9 Å². The Morgan fingerprint density at radius 2 is 1.81 bits per heavy atom. The number of amides is 2. The third-order valence-corrected chi connectivity index (χ3v) is 7.17. The minimum absolute atomic E-state index is 0.000494. The standard InChI is InChI=1S/C18H22N2O6S/c1-2-20-16(22)13-8-7-12(11-14(13)27(20,25)26)15(21)19-18(17(23)24)9-5-3-4-6-10-18/h7-8,11H,2-6,9-10H2,1H3,(H,19,21)(H,23,24). The van der Waals surface area contributed by atoms with Crippen LogP contribution >= 0.6 is 0 Å². The van der Waals surface area contributed by atoms with Crippen LogP contribution in [0.15, 0.2) is 23.1 Å². The minimum Gasteiger partial charge on any atom is -0.480 e. The molecule has 1 heterocycles. The van der Waals surface area contributed by atoms with Crippen LogP contribution < -0.4 is 5.32 Å². The molecule has 1 aromatic rings. The van der Waals surface area contributed by atoms with E-state index in [1.54, 1.807) is 6.92 Å². The number of hydrogen-bond donors (Lipinski definition) is 2. The van der Waals surface area contributed by atoms with Crippen LogP contribution in [0.5, 0.6) is 0 Å². The first-order chi connectivity index (χ1) is 12.7. The van der Waals surface area contributed by atoms with Crippen LogP contribution in [0.25, 0.3) is 0 Å². The van der Waals surface area contributed by atoms with Gasteiger partial charge in [0, 0.05) is 12.1 Å². The molecule has 3 rings (SSSR count). The van der Waals surface area contributed by atoms with Crippen molar-refractivity contribution in [1.82, 2.24) is 9.62 Å². The number of carbonyl (C=O) groups is 3. The van der Waals surface area contributed by atoms with Gasteiger partial charge in [-0.05, 0) is 38.0 Å². The highest BCUT2D eigenvalue weighted by Gasteiger charge is 2.42. The van der Waals surface area contributed by atoms with Gasteiger partial charge in [-0.2, -0.15) is 0 Å². The molecule has 0 bridgehead atoms. The molecule has 2 aliphatic rings. The number of carbonyl (C=O) groups excluding carboxylic acids is 2. The van der Waals surface area contributed by atoms with Crippen molar-refractivity contribution in [3.8, 4) is 0 Å². The lowest BCUT2D eigenvalue weighted by Gasteiger charge is -2.29. The van der Waals surface area contributed by atoms with E-state index in [2.05, 4.69) is 5.32 Å². The second-order valence-corrected chi connectivity index (χ2v) is 8.77. The first kappa shape index (κ1) is 19.3. The normalized spacial score (nSPS) is 20.6. The van der Waals surface area contributed by atoms with Crippen molar-refractivity contribution in [3.05, 3.63) is 29.3 Å². The van der Waals surface area contributed by atoms with Crippen LogP contribution in [0.4, 0.5) is 0 Å². The van der Waals surface area contributed by atoms with Gasteiger partial charge in [0.25, 0.3) is 21.8 Å². The van der Waals surface area contributed by atoms with Crippen LogP contribution in [0, 0.1) is 0 Å². The number of nitrogens with zero attached hydrogens (tertiary/aromatic N) is 1. The zero-order valence-electron chi connectivity index (χ0n) is 15.0. The topological polar surface area (TPSA) is 121 Å². The Kier molecular flexibility index (Phi) is 4.98. The summed E-state index contributed by atoms with van der Waals surface area (Å²) >= 11 is 0. The third-order valence-electron chi connectivity index (χ3n) is 5.28. The van der Waals surface area contributed by atoms with E-state index in [4.69, 9.17) is 0 Å². The molecule has 146 valence electrons. The molecule has 1 aliphatic heterocycles. The predicted octanol–water partition coefficient (Wildman–Crippen LogP) is 1.76. The molecule has 0 spiro atoms. The molecule has 0 saturated heterocycles. The molecule has 1 fully saturated rings. The van der Waals surface area contributed by atoms with Gasteiger partial charge < -0.3 is 10.4 Å². The lowest BCUT2D eigenvalue weighted by atomic mass is 9.89. The van der Waals surface area contributed by atoms with Gasteiger partial charge in [0.1, 0.15) is 10.4 Å². The number of carboxylic acids is 1. The molecule has 0 aromatic heterocycles. The number of nitrogens with one attached hydrogen (secondary N) is 1. The van der Waals surface area contributed by atoms with Gasteiger partial charge in [0.2, 0.25) is 0 Å². The lowest BCUT2D eigenvalue weighted by Crippen LogP contribution is -2.54. The monoisotopic (exact) mass is 394 g/mol. The van der Waals surface area contributed by atoms with Crippen molar-refractivity contribution < 1.29 is 27.9 Å². The highest BCUT2D eigenvalue weighted by atomic mass is 32.2. The van der Waals surface area contributed by atoms with Gasteiger partial charge in [0.05, 0.1) is 5.56 Å². The Labute approximate surface area is 157 Å². The SMILES string of the molecule is CCN1C(=O)c2ccc(C(=O)NC3(C(=O)O)CCCCCC3)cc2S1(=O)=O. The maximum absolute atomic E-state index is 12.7. The van der Waals surface area contributed by atoms with E-state index in [0.717, 1.165) is 23.2 Å². The Morgan fingerprint density at radius 3 is 2.37 bits per heavy atom. The summed E-state index contributed by atoms with van der Waals surface area (Å²) in [6.07, 6.45) is 3.89. The summed E-state index contributed by atoms with van der Waals surface area (Å²) in [6, 6.07) is 3.81. The van der Waals surface area contributed by atoms with Crippen LogP contribution in [0.2, 0.25) is 0 Å². The van der Waals surface area contributed by atoms with Gasteiger partial charge in [-0.1, -0.05) is 25.7 Å². The number of hydrogen-bond acceptors (Lipinski definition) is 5. The maximum atomic E-state index is 12.7. The Balaban J connectivity index is 1.93. The van der Waals surface area contributed by atoms with Gasteiger partial charge in [-0.25, -0.2) is 17.5 Å². The fourth-order valence-corrected chi connectivity index (χ4v) is 5.35. The van der Waals surface area contributed by atoms with E-state index in [1.807, 2.05) is 0 Å². The van der Waals surface area contributed by atoms with E-state index in [9.17, 15) is 27.9 Å². The predicted molar refractivity (Wildman–Crippen MR) is 95.9 cm³/mol. The molecule has 8 nitrogen and oxygen atoms in total. The van der Waals surface area contributed by atoms with Gasteiger partial charge in [-0.3, -0.25) is 9.59 Å². The summed E-state index contributed by atoms with van der Waals surface area (Å²) in [5.74, 6) is -2.36. The molecule has 2 N–H and O–H groups in total. The molecule has 0 atom stereocenters. The largest absolute Gasteiger partial charge is 0.480 e. The zero-order chi connectivity index (χ0) is 19.8. The molecule has 1 aromatic carbocycles. The summed E-state index contributed by atoms with van der Waals surface area (Å²) in [6.45, 7) is 1.55. The Hall–Kier alpha value is -2.42. The lowest BCUT2D eigenvalue weighted by molar-refractivity contribution is -0.145. The maximum Gasteiger partial charge on any atom is 0.329 e. The molecule has 1 aliphatic carbocycles. The van der Waals surface area contributed by atoms with Crippen molar-refractivity contribution in [2.24, 2.45) is 0 Å². The minimum atomic E-state index is -3.98. The molecule has 9 heteroatoms. The van der Waals surface area contributed by atoms with Crippen molar-refractivity contribution in [2.75, 3.05) is 6.54 Å². The summed E-state index contributed by atoms with van der Waals surface area (Å²) < 4.78 is 25.7. The van der Waals surface area contributed by atoms with Gasteiger partial charge in [0.15, 0.2) is 0 Å². The molecular weight excluding hydrogens is 372 g/mol. The molecule has 0 radical (unpaired) electrons. The second kappa shape index (κ2) is 6.95. The van der Waals surface area contributed by atoms with E-state index in [0.29, 0.717) is 25.7 Å². The Morgan fingerprint density at radius 1 is 1.19 bits per heavy atom.